The normalized spacial score (nSPS) is 11.6. The van der Waals surface area contributed by atoms with E-state index in [2.05, 4.69) is 5.32 Å². The average molecular weight is 308 g/mol. The first-order chi connectivity index (χ1) is 9.87. The molecule has 0 spiro atoms. The Bertz CT molecular complexity index is 735. The summed E-state index contributed by atoms with van der Waals surface area (Å²) < 4.78 is 32.3. The van der Waals surface area contributed by atoms with Crippen molar-refractivity contribution in [3.8, 4) is 0 Å². The Kier molecular flexibility index (Phi) is 4.39. The Labute approximate surface area is 125 Å². The van der Waals surface area contributed by atoms with Crippen LogP contribution in [0.5, 0.6) is 0 Å². The van der Waals surface area contributed by atoms with Crippen LogP contribution in [0.3, 0.4) is 0 Å². The number of rotatable bonds is 5. The fourth-order valence-electron chi connectivity index (χ4n) is 2.24. The second-order valence-electron chi connectivity index (χ2n) is 4.92. The largest absolute Gasteiger partial charge is 0.464 e. The molecule has 0 fully saturated rings. The minimum Gasteiger partial charge on any atom is -0.464 e. The van der Waals surface area contributed by atoms with E-state index in [0.29, 0.717) is 23.8 Å². The summed E-state index contributed by atoms with van der Waals surface area (Å²) in [4.78, 5) is 0.207. The van der Waals surface area contributed by atoms with Crippen LogP contribution < -0.4 is 9.62 Å². The molecule has 1 heterocycles. The van der Waals surface area contributed by atoms with Crippen LogP contribution in [0, 0.1) is 13.8 Å². The molecular formula is C15H20N2O3S. The molecule has 114 valence electrons. The Morgan fingerprint density at radius 2 is 1.90 bits per heavy atom. The first-order valence-electron chi connectivity index (χ1n) is 6.66. The molecule has 0 aliphatic heterocycles. The highest BCUT2D eigenvalue weighted by Gasteiger charge is 2.27. The average Bonchev–Trinajstić information content (AvgIpc) is 2.80. The first kappa shape index (κ1) is 15.6. The van der Waals surface area contributed by atoms with Gasteiger partial charge in [0, 0.05) is 13.1 Å². The third-order valence-electron chi connectivity index (χ3n) is 3.37. The number of furan rings is 1. The Hall–Kier alpha value is -1.79. The lowest BCUT2D eigenvalue weighted by Crippen LogP contribution is -2.27. The number of aryl methyl sites for hydroxylation is 2. The van der Waals surface area contributed by atoms with E-state index in [-0.39, 0.29) is 4.90 Å². The summed E-state index contributed by atoms with van der Waals surface area (Å²) in [5.41, 5.74) is 1.56. The zero-order valence-electron chi connectivity index (χ0n) is 12.7. The van der Waals surface area contributed by atoms with E-state index in [1.807, 2.05) is 25.1 Å². The van der Waals surface area contributed by atoms with E-state index in [4.69, 9.17) is 4.42 Å². The van der Waals surface area contributed by atoms with Crippen LogP contribution in [0.2, 0.25) is 0 Å². The fraction of sp³-hybridized carbons (Fsp3) is 0.333. The molecule has 21 heavy (non-hydrogen) atoms. The lowest BCUT2D eigenvalue weighted by atomic mass is 10.2. The van der Waals surface area contributed by atoms with Gasteiger partial charge >= 0.3 is 0 Å². The van der Waals surface area contributed by atoms with Crippen molar-refractivity contribution in [1.29, 1.82) is 0 Å². The summed E-state index contributed by atoms with van der Waals surface area (Å²) in [6.07, 6.45) is 0. The van der Waals surface area contributed by atoms with Crippen molar-refractivity contribution in [3.05, 3.63) is 47.4 Å². The molecule has 5 nitrogen and oxygen atoms in total. The zero-order valence-corrected chi connectivity index (χ0v) is 13.5. The van der Waals surface area contributed by atoms with Crippen molar-refractivity contribution < 1.29 is 12.8 Å². The maximum absolute atomic E-state index is 12.8. The van der Waals surface area contributed by atoms with Gasteiger partial charge in [0.1, 0.15) is 16.4 Å². The van der Waals surface area contributed by atoms with Crippen molar-refractivity contribution >= 4 is 15.7 Å². The monoisotopic (exact) mass is 308 g/mol. The number of nitrogens with one attached hydrogen (secondary N) is 1. The molecule has 0 radical (unpaired) electrons. The van der Waals surface area contributed by atoms with Gasteiger partial charge in [-0.2, -0.15) is 0 Å². The molecule has 2 aromatic rings. The molecule has 0 aliphatic carbocycles. The van der Waals surface area contributed by atoms with Gasteiger partial charge in [0.2, 0.25) is 0 Å². The van der Waals surface area contributed by atoms with Gasteiger partial charge in [0.05, 0.1) is 12.2 Å². The van der Waals surface area contributed by atoms with E-state index in [1.54, 1.807) is 33.2 Å². The summed E-state index contributed by atoms with van der Waals surface area (Å²) in [6.45, 7) is 4.04. The van der Waals surface area contributed by atoms with Gasteiger partial charge in [0.15, 0.2) is 0 Å². The smallest absolute Gasteiger partial charge is 0.267 e. The molecule has 0 atom stereocenters. The zero-order chi connectivity index (χ0) is 15.6. The molecule has 0 aliphatic rings. The standard InChI is InChI=1S/C15H20N2O3S/c1-11-7-5-6-8-14(11)17(4)21(18,19)15-9-13(10-16-3)20-12(15)2/h5-9,16H,10H2,1-4H3. The van der Waals surface area contributed by atoms with E-state index in [9.17, 15) is 8.42 Å². The lowest BCUT2D eigenvalue weighted by molar-refractivity contribution is 0.466. The second-order valence-corrected chi connectivity index (χ2v) is 6.86. The maximum atomic E-state index is 12.8. The summed E-state index contributed by atoms with van der Waals surface area (Å²) in [7, 11) is -0.290. The van der Waals surface area contributed by atoms with Gasteiger partial charge in [0.25, 0.3) is 10.0 Å². The first-order valence-corrected chi connectivity index (χ1v) is 8.10. The van der Waals surface area contributed by atoms with Crippen molar-refractivity contribution in [1.82, 2.24) is 5.32 Å². The highest BCUT2D eigenvalue weighted by atomic mass is 32.2. The van der Waals surface area contributed by atoms with Crippen molar-refractivity contribution in [2.45, 2.75) is 25.3 Å². The lowest BCUT2D eigenvalue weighted by Gasteiger charge is -2.20. The highest BCUT2D eigenvalue weighted by Crippen LogP contribution is 2.28. The summed E-state index contributed by atoms with van der Waals surface area (Å²) in [5.74, 6) is 1.01. The number of anilines is 1. The minimum atomic E-state index is -3.63. The molecular weight excluding hydrogens is 288 g/mol. The quantitative estimate of drug-likeness (QED) is 0.921. The summed E-state index contributed by atoms with van der Waals surface area (Å²) in [6, 6.07) is 8.96. The molecule has 0 bridgehead atoms. The van der Waals surface area contributed by atoms with E-state index in [1.165, 1.54) is 4.31 Å². The van der Waals surface area contributed by atoms with Gasteiger partial charge in [-0.05, 0) is 32.5 Å². The number of benzene rings is 1. The van der Waals surface area contributed by atoms with Gasteiger partial charge in [-0.25, -0.2) is 8.42 Å². The van der Waals surface area contributed by atoms with Crippen LogP contribution in [0.15, 0.2) is 39.6 Å². The highest BCUT2D eigenvalue weighted by molar-refractivity contribution is 7.92. The van der Waals surface area contributed by atoms with Crippen LogP contribution in [0.1, 0.15) is 17.1 Å². The number of hydrogen-bond acceptors (Lipinski definition) is 4. The molecule has 0 unspecified atom stereocenters. The van der Waals surface area contributed by atoms with E-state index >= 15 is 0 Å². The predicted octanol–water partition coefficient (Wildman–Crippen LogP) is 2.44. The van der Waals surface area contributed by atoms with Crippen LogP contribution in [0.4, 0.5) is 5.69 Å². The molecule has 1 aromatic carbocycles. The predicted molar refractivity (Wildman–Crippen MR) is 83.0 cm³/mol. The number of nitrogens with zero attached hydrogens (tertiary/aromatic N) is 1. The van der Waals surface area contributed by atoms with Gasteiger partial charge in [-0.3, -0.25) is 4.31 Å². The van der Waals surface area contributed by atoms with Crippen LogP contribution in [0.25, 0.3) is 0 Å². The van der Waals surface area contributed by atoms with E-state index in [0.717, 1.165) is 5.56 Å². The summed E-state index contributed by atoms with van der Waals surface area (Å²) >= 11 is 0. The van der Waals surface area contributed by atoms with E-state index < -0.39 is 10.0 Å². The SMILES string of the molecule is CNCc1cc(S(=O)(=O)N(C)c2ccccc2C)c(C)o1. The Morgan fingerprint density at radius 3 is 2.52 bits per heavy atom. The molecule has 2 rings (SSSR count). The van der Waals surface area contributed by atoms with Crippen LogP contribution in [-0.2, 0) is 16.6 Å². The topological polar surface area (TPSA) is 62.6 Å². The Morgan fingerprint density at radius 1 is 1.24 bits per heavy atom. The van der Waals surface area contributed by atoms with Crippen LogP contribution in [-0.4, -0.2) is 22.5 Å². The van der Waals surface area contributed by atoms with Crippen molar-refractivity contribution in [3.63, 3.8) is 0 Å². The third-order valence-corrected chi connectivity index (χ3v) is 5.25. The molecule has 0 saturated heterocycles. The molecule has 0 amide bonds. The maximum Gasteiger partial charge on any atom is 0.267 e. The molecule has 1 aromatic heterocycles. The van der Waals surface area contributed by atoms with Crippen LogP contribution >= 0.6 is 0 Å². The third kappa shape index (κ3) is 2.96. The minimum absolute atomic E-state index is 0.207. The molecule has 1 N–H and O–H groups in total. The number of para-hydroxylation sites is 1. The number of hydrogen-bond donors (Lipinski definition) is 1. The van der Waals surface area contributed by atoms with Gasteiger partial charge in [-0.1, -0.05) is 18.2 Å². The molecule has 6 heteroatoms. The summed E-state index contributed by atoms with van der Waals surface area (Å²) in [5, 5.41) is 2.94. The van der Waals surface area contributed by atoms with Gasteiger partial charge < -0.3 is 9.73 Å². The molecule has 0 saturated carbocycles. The second kappa shape index (κ2) is 5.91. The van der Waals surface area contributed by atoms with Crippen molar-refractivity contribution in [2.24, 2.45) is 0 Å². The van der Waals surface area contributed by atoms with Gasteiger partial charge in [-0.15, -0.1) is 0 Å². The number of sulfonamides is 1. The van der Waals surface area contributed by atoms with Crippen molar-refractivity contribution in [2.75, 3.05) is 18.4 Å². The Balaban J connectivity index is 2.45. The fourth-order valence-corrected chi connectivity index (χ4v) is 3.68.